The number of nitrogens with zero attached hydrogens (tertiary/aromatic N) is 3. The van der Waals surface area contributed by atoms with Crippen LogP contribution in [0.4, 0.5) is 0 Å². The van der Waals surface area contributed by atoms with E-state index in [1.807, 2.05) is 31.2 Å². The van der Waals surface area contributed by atoms with Gasteiger partial charge in [-0.15, -0.1) is 0 Å². The van der Waals surface area contributed by atoms with E-state index in [0.29, 0.717) is 18.0 Å². The first kappa shape index (κ1) is 22.9. The highest BCUT2D eigenvalue weighted by Gasteiger charge is 2.24. The second-order valence-corrected chi connectivity index (χ2v) is 8.64. The molecule has 0 radical (unpaired) electrons. The van der Waals surface area contributed by atoms with Crippen molar-refractivity contribution >= 4 is 5.91 Å². The Labute approximate surface area is 196 Å². The number of carbonyl (C=O) groups is 1. The highest BCUT2D eigenvalue weighted by atomic mass is 16.5. The number of amides is 1. The standard InChI is InChI=1S/C27H32N4O2/c1-20-25(27(32)29-17-22-10-6-12-24(16-22)33-2)18-28-26(30-20)23-11-7-14-31(19-23)15-13-21-8-4-3-5-9-21/h3-6,8-10,12,16,18,23H,7,11,13-15,17,19H2,1-2H3,(H,29,32). The van der Waals surface area contributed by atoms with E-state index < -0.39 is 0 Å². The summed E-state index contributed by atoms with van der Waals surface area (Å²) in [6.45, 7) is 5.45. The van der Waals surface area contributed by atoms with Gasteiger partial charge in [-0.3, -0.25) is 4.79 Å². The van der Waals surface area contributed by atoms with Crippen molar-refractivity contribution in [3.63, 3.8) is 0 Å². The van der Waals surface area contributed by atoms with Crippen molar-refractivity contribution in [3.05, 3.63) is 89.0 Å². The summed E-state index contributed by atoms with van der Waals surface area (Å²) < 4.78 is 5.25. The largest absolute Gasteiger partial charge is 0.497 e. The molecule has 1 atom stereocenters. The number of hydrogen-bond donors (Lipinski definition) is 1. The normalized spacial score (nSPS) is 16.4. The molecule has 172 valence electrons. The van der Waals surface area contributed by atoms with Crippen LogP contribution in [0.25, 0.3) is 0 Å². The van der Waals surface area contributed by atoms with Gasteiger partial charge in [-0.2, -0.15) is 0 Å². The first-order valence-corrected chi connectivity index (χ1v) is 11.6. The van der Waals surface area contributed by atoms with Gasteiger partial charge in [0.05, 0.1) is 18.4 Å². The summed E-state index contributed by atoms with van der Waals surface area (Å²) in [5.41, 5.74) is 3.61. The van der Waals surface area contributed by atoms with Crippen LogP contribution in [-0.4, -0.2) is 47.5 Å². The number of aromatic nitrogens is 2. The van der Waals surface area contributed by atoms with Gasteiger partial charge >= 0.3 is 0 Å². The lowest BCUT2D eigenvalue weighted by Gasteiger charge is -2.32. The van der Waals surface area contributed by atoms with Crippen LogP contribution >= 0.6 is 0 Å². The zero-order valence-electron chi connectivity index (χ0n) is 19.5. The van der Waals surface area contributed by atoms with Gasteiger partial charge in [-0.05, 0) is 56.0 Å². The van der Waals surface area contributed by atoms with Crippen molar-refractivity contribution < 1.29 is 9.53 Å². The van der Waals surface area contributed by atoms with Crippen LogP contribution in [0.1, 0.15) is 51.8 Å². The van der Waals surface area contributed by atoms with E-state index in [2.05, 4.69) is 45.5 Å². The van der Waals surface area contributed by atoms with Crippen molar-refractivity contribution in [2.24, 2.45) is 0 Å². The number of rotatable bonds is 8. The number of hydrogen-bond acceptors (Lipinski definition) is 5. The molecular formula is C27H32N4O2. The molecule has 0 saturated carbocycles. The SMILES string of the molecule is COc1cccc(CNC(=O)c2cnc(C3CCCN(CCc4ccccc4)C3)nc2C)c1. The van der Waals surface area contributed by atoms with Crippen LogP contribution < -0.4 is 10.1 Å². The smallest absolute Gasteiger partial charge is 0.254 e. The molecule has 0 bridgehead atoms. The minimum absolute atomic E-state index is 0.157. The fourth-order valence-electron chi connectivity index (χ4n) is 4.37. The van der Waals surface area contributed by atoms with Gasteiger partial charge in [-0.1, -0.05) is 42.5 Å². The van der Waals surface area contributed by atoms with Gasteiger partial charge in [0, 0.05) is 31.7 Å². The summed E-state index contributed by atoms with van der Waals surface area (Å²) in [4.78, 5) is 24.6. The summed E-state index contributed by atoms with van der Waals surface area (Å²) >= 11 is 0. The first-order chi connectivity index (χ1) is 16.1. The molecule has 1 fully saturated rings. The topological polar surface area (TPSA) is 67.3 Å². The molecule has 1 saturated heterocycles. The molecule has 1 aliphatic heterocycles. The molecule has 1 amide bonds. The van der Waals surface area contributed by atoms with Crippen molar-refractivity contribution in [1.29, 1.82) is 0 Å². The zero-order valence-corrected chi connectivity index (χ0v) is 19.5. The number of likely N-dealkylation sites (tertiary alicyclic amines) is 1. The van der Waals surface area contributed by atoms with Crippen LogP contribution in [-0.2, 0) is 13.0 Å². The summed E-state index contributed by atoms with van der Waals surface area (Å²) in [6.07, 6.45) is 4.97. The maximum Gasteiger partial charge on any atom is 0.254 e. The van der Waals surface area contributed by atoms with Gasteiger partial charge in [0.25, 0.3) is 5.91 Å². The number of piperidine rings is 1. The number of aryl methyl sites for hydroxylation is 1. The number of carbonyl (C=O) groups excluding carboxylic acids is 1. The van der Waals surface area contributed by atoms with E-state index in [4.69, 9.17) is 9.72 Å². The fourth-order valence-corrected chi connectivity index (χ4v) is 4.37. The van der Waals surface area contributed by atoms with Gasteiger partial charge in [0.15, 0.2) is 0 Å². The minimum atomic E-state index is -0.157. The quantitative estimate of drug-likeness (QED) is 0.565. The van der Waals surface area contributed by atoms with Crippen molar-refractivity contribution in [2.75, 3.05) is 26.7 Å². The summed E-state index contributed by atoms with van der Waals surface area (Å²) in [5.74, 6) is 1.77. The summed E-state index contributed by atoms with van der Waals surface area (Å²) in [5, 5.41) is 2.96. The lowest BCUT2D eigenvalue weighted by molar-refractivity contribution is 0.0949. The molecule has 1 aromatic heterocycles. The third-order valence-corrected chi connectivity index (χ3v) is 6.26. The molecule has 6 nitrogen and oxygen atoms in total. The molecule has 6 heteroatoms. The Kier molecular flexibility index (Phi) is 7.68. The molecule has 33 heavy (non-hydrogen) atoms. The highest BCUT2D eigenvalue weighted by Crippen LogP contribution is 2.25. The minimum Gasteiger partial charge on any atom is -0.497 e. The predicted octanol–water partition coefficient (Wildman–Crippen LogP) is 4.15. The highest BCUT2D eigenvalue weighted by molar-refractivity contribution is 5.94. The third kappa shape index (κ3) is 6.17. The van der Waals surface area contributed by atoms with Crippen molar-refractivity contribution in [3.8, 4) is 5.75 Å². The Morgan fingerprint density at radius 3 is 2.76 bits per heavy atom. The van der Waals surface area contributed by atoms with Gasteiger partial charge in [0.1, 0.15) is 11.6 Å². The number of benzene rings is 2. The van der Waals surface area contributed by atoms with Crippen LogP contribution in [0.15, 0.2) is 60.8 Å². The lowest BCUT2D eigenvalue weighted by Crippen LogP contribution is -2.36. The number of methoxy groups -OCH3 is 1. The van der Waals surface area contributed by atoms with E-state index in [1.54, 1.807) is 13.3 Å². The second-order valence-electron chi connectivity index (χ2n) is 8.64. The fraction of sp³-hybridized carbons (Fsp3) is 0.370. The average Bonchev–Trinajstić information content (AvgIpc) is 2.87. The molecule has 4 rings (SSSR count). The van der Waals surface area contributed by atoms with Crippen molar-refractivity contribution in [1.82, 2.24) is 20.2 Å². The van der Waals surface area contributed by atoms with Crippen LogP contribution in [0, 0.1) is 6.92 Å². The van der Waals surface area contributed by atoms with Gasteiger partial charge in [-0.25, -0.2) is 9.97 Å². The Morgan fingerprint density at radius 1 is 1.15 bits per heavy atom. The van der Waals surface area contributed by atoms with Gasteiger partial charge in [0.2, 0.25) is 0 Å². The molecule has 1 unspecified atom stereocenters. The summed E-state index contributed by atoms with van der Waals surface area (Å²) in [6, 6.07) is 18.3. The van der Waals surface area contributed by atoms with Crippen LogP contribution in [0.2, 0.25) is 0 Å². The molecule has 1 aliphatic rings. The van der Waals surface area contributed by atoms with Crippen molar-refractivity contribution in [2.45, 2.75) is 38.6 Å². The Balaban J connectivity index is 1.34. The molecule has 0 aliphatic carbocycles. The maximum absolute atomic E-state index is 12.7. The molecule has 2 heterocycles. The molecule has 1 N–H and O–H groups in total. The molecule has 2 aromatic carbocycles. The Bertz CT molecular complexity index is 1070. The van der Waals surface area contributed by atoms with E-state index in [1.165, 1.54) is 5.56 Å². The Morgan fingerprint density at radius 2 is 1.97 bits per heavy atom. The maximum atomic E-state index is 12.7. The van der Waals surface area contributed by atoms with E-state index in [9.17, 15) is 4.79 Å². The lowest BCUT2D eigenvalue weighted by atomic mass is 9.96. The molecule has 0 spiro atoms. The summed E-state index contributed by atoms with van der Waals surface area (Å²) in [7, 11) is 1.63. The predicted molar refractivity (Wildman–Crippen MR) is 129 cm³/mol. The zero-order chi connectivity index (χ0) is 23.0. The van der Waals surface area contributed by atoms with Crippen LogP contribution in [0.3, 0.4) is 0 Å². The number of ether oxygens (including phenoxy) is 1. The molecule has 3 aromatic rings. The Hall–Kier alpha value is -3.25. The van der Waals surface area contributed by atoms with E-state index in [-0.39, 0.29) is 5.91 Å². The monoisotopic (exact) mass is 444 g/mol. The molecular weight excluding hydrogens is 412 g/mol. The average molecular weight is 445 g/mol. The van der Waals surface area contributed by atoms with E-state index in [0.717, 1.165) is 61.7 Å². The van der Waals surface area contributed by atoms with Crippen LogP contribution in [0.5, 0.6) is 5.75 Å². The van der Waals surface area contributed by atoms with E-state index >= 15 is 0 Å². The van der Waals surface area contributed by atoms with Gasteiger partial charge < -0.3 is 15.0 Å². The third-order valence-electron chi connectivity index (χ3n) is 6.26. The second kappa shape index (κ2) is 11.1. The first-order valence-electron chi connectivity index (χ1n) is 11.6. The number of nitrogens with one attached hydrogen (secondary N) is 1.